The van der Waals surface area contributed by atoms with Crippen molar-refractivity contribution < 1.29 is 0 Å². The maximum absolute atomic E-state index is 6.34. The molecule has 1 aliphatic rings. The van der Waals surface area contributed by atoms with Crippen molar-refractivity contribution in [1.82, 2.24) is 4.98 Å². The fourth-order valence-electron chi connectivity index (χ4n) is 2.08. The Hall–Kier alpha value is -1.80. The molecule has 0 saturated carbocycles. The van der Waals surface area contributed by atoms with Crippen LogP contribution in [0.4, 0.5) is 0 Å². The zero-order chi connectivity index (χ0) is 11.0. The van der Waals surface area contributed by atoms with E-state index in [-0.39, 0.29) is 0 Å². The van der Waals surface area contributed by atoms with Crippen molar-refractivity contribution in [2.45, 2.75) is 12.0 Å². The second-order valence-electron chi connectivity index (χ2n) is 4.22. The summed E-state index contributed by atoms with van der Waals surface area (Å²) >= 11 is 0. The largest absolute Gasteiger partial charge is 0.357 e. The average molecular weight is 209 g/mol. The monoisotopic (exact) mass is 209 g/mol. The van der Waals surface area contributed by atoms with Crippen molar-refractivity contribution in [3.05, 3.63) is 60.3 Å². The van der Waals surface area contributed by atoms with E-state index in [1.807, 2.05) is 30.4 Å². The first-order valence-corrected chi connectivity index (χ1v) is 5.39. The summed E-state index contributed by atoms with van der Waals surface area (Å²) in [6.45, 7) is 0. The third kappa shape index (κ3) is 1.39. The molecular formula is C14H13N2. The molecule has 1 aromatic heterocycles. The van der Waals surface area contributed by atoms with Crippen LogP contribution in [0.25, 0.3) is 10.9 Å². The summed E-state index contributed by atoms with van der Waals surface area (Å²) in [7, 11) is 0. The van der Waals surface area contributed by atoms with Gasteiger partial charge in [-0.25, -0.2) is 0 Å². The molecule has 0 bridgehead atoms. The topological polar surface area (TPSA) is 41.8 Å². The molecule has 1 aliphatic carbocycles. The maximum atomic E-state index is 6.34. The quantitative estimate of drug-likeness (QED) is 0.744. The standard InChI is InChI=1S/C14H13N2/c15-14(8-4-1-5-9-14)13-10-11-6-2-3-7-12(11)16-13/h1-4,6-8,10,16H,9,15H2. The molecule has 0 saturated heterocycles. The highest BCUT2D eigenvalue weighted by molar-refractivity contribution is 5.80. The number of benzene rings is 1. The van der Waals surface area contributed by atoms with Gasteiger partial charge in [-0.2, -0.15) is 0 Å². The number of para-hydroxylation sites is 1. The van der Waals surface area contributed by atoms with Crippen LogP contribution in [0.2, 0.25) is 0 Å². The highest BCUT2D eigenvalue weighted by Crippen LogP contribution is 2.28. The molecule has 1 unspecified atom stereocenters. The van der Waals surface area contributed by atoms with Gasteiger partial charge < -0.3 is 10.7 Å². The van der Waals surface area contributed by atoms with Crippen LogP contribution in [-0.4, -0.2) is 4.98 Å². The van der Waals surface area contributed by atoms with Crippen LogP contribution < -0.4 is 5.73 Å². The van der Waals surface area contributed by atoms with Gasteiger partial charge in [0.05, 0.1) is 5.54 Å². The third-order valence-corrected chi connectivity index (χ3v) is 3.03. The minimum Gasteiger partial charge on any atom is -0.357 e. The molecular weight excluding hydrogens is 196 g/mol. The van der Waals surface area contributed by atoms with Gasteiger partial charge in [-0.05, 0) is 30.0 Å². The summed E-state index contributed by atoms with van der Waals surface area (Å²) in [5, 5.41) is 1.20. The average Bonchev–Trinajstić information content (AvgIpc) is 2.74. The summed E-state index contributed by atoms with van der Waals surface area (Å²) in [5.74, 6) is 0. The van der Waals surface area contributed by atoms with E-state index in [9.17, 15) is 0 Å². The van der Waals surface area contributed by atoms with E-state index in [0.717, 1.165) is 17.6 Å². The van der Waals surface area contributed by atoms with Crippen molar-refractivity contribution in [1.29, 1.82) is 0 Å². The molecule has 0 fully saturated rings. The molecule has 3 rings (SSSR count). The lowest BCUT2D eigenvalue weighted by Gasteiger charge is -2.24. The number of allylic oxidation sites excluding steroid dienone is 2. The summed E-state index contributed by atoms with van der Waals surface area (Å²) in [4.78, 5) is 3.38. The van der Waals surface area contributed by atoms with Crippen molar-refractivity contribution in [2.75, 3.05) is 0 Å². The Morgan fingerprint density at radius 2 is 2.19 bits per heavy atom. The van der Waals surface area contributed by atoms with Crippen molar-refractivity contribution in [3.63, 3.8) is 0 Å². The number of rotatable bonds is 1. The van der Waals surface area contributed by atoms with Gasteiger partial charge in [-0.3, -0.25) is 0 Å². The molecule has 1 aromatic carbocycles. The number of fused-ring (bicyclic) bond motifs is 1. The molecule has 0 aliphatic heterocycles. The van der Waals surface area contributed by atoms with Crippen LogP contribution in [0.15, 0.2) is 48.6 Å². The molecule has 3 N–H and O–H groups in total. The number of H-pyrrole nitrogens is 1. The molecule has 16 heavy (non-hydrogen) atoms. The van der Waals surface area contributed by atoms with E-state index >= 15 is 0 Å². The normalized spacial score (nSPS) is 24.1. The van der Waals surface area contributed by atoms with Crippen molar-refractivity contribution >= 4 is 10.9 Å². The Morgan fingerprint density at radius 3 is 2.94 bits per heavy atom. The second kappa shape index (κ2) is 3.35. The van der Waals surface area contributed by atoms with E-state index in [1.54, 1.807) is 0 Å². The molecule has 2 heteroatoms. The highest BCUT2D eigenvalue weighted by Gasteiger charge is 2.25. The summed E-state index contributed by atoms with van der Waals surface area (Å²) in [6.07, 6.45) is 9.77. The molecule has 0 spiro atoms. The second-order valence-corrected chi connectivity index (χ2v) is 4.22. The molecule has 1 atom stereocenters. The zero-order valence-corrected chi connectivity index (χ0v) is 8.90. The van der Waals surface area contributed by atoms with E-state index in [2.05, 4.69) is 29.3 Å². The van der Waals surface area contributed by atoms with E-state index in [0.29, 0.717) is 0 Å². The van der Waals surface area contributed by atoms with Crippen molar-refractivity contribution in [3.8, 4) is 0 Å². The minimum absolute atomic E-state index is 0.437. The third-order valence-electron chi connectivity index (χ3n) is 3.03. The van der Waals surface area contributed by atoms with Crippen LogP contribution in [0.5, 0.6) is 0 Å². The lowest BCUT2D eigenvalue weighted by molar-refractivity contribution is 0.544. The Kier molecular flexibility index (Phi) is 1.98. The van der Waals surface area contributed by atoms with E-state index < -0.39 is 5.54 Å². The van der Waals surface area contributed by atoms with Gasteiger partial charge in [0.25, 0.3) is 0 Å². The summed E-state index contributed by atoms with van der Waals surface area (Å²) < 4.78 is 0. The molecule has 79 valence electrons. The number of hydrogen-bond acceptors (Lipinski definition) is 1. The van der Waals surface area contributed by atoms with Crippen LogP contribution in [0.1, 0.15) is 12.1 Å². The van der Waals surface area contributed by atoms with Crippen LogP contribution in [0.3, 0.4) is 0 Å². The first-order chi connectivity index (χ1) is 7.78. The van der Waals surface area contributed by atoms with Crippen LogP contribution >= 0.6 is 0 Å². The SMILES string of the molecule is NC1(c2cc3ccccc3[nH]2)C=CC=[C]C1. The molecule has 1 radical (unpaired) electrons. The number of aromatic amines is 1. The number of aromatic nitrogens is 1. The Balaban J connectivity index is 2.12. The van der Waals surface area contributed by atoms with Gasteiger partial charge in [-0.1, -0.05) is 36.4 Å². The molecule has 2 aromatic rings. The number of hydrogen-bond donors (Lipinski definition) is 2. The van der Waals surface area contributed by atoms with Gasteiger partial charge in [0.1, 0.15) is 0 Å². The predicted octanol–water partition coefficient (Wildman–Crippen LogP) is 2.64. The Morgan fingerprint density at radius 1 is 1.31 bits per heavy atom. The van der Waals surface area contributed by atoms with Gasteiger partial charge in [0.2, 0.25) is 0 Å². The molecule has 0 amide bonds. The van der Waals surface area contributed by atoms with Gasteiger partial charge >= 0.3 is 0 Å². The summed E-state index contributed by atoms with van der Waals surface area (Å²) in [5.41, 5.74) is 8.08. The lowest BCUT2D eigenvalue weighted by atomic mass is 9.89. The maximum Gasteiger partial charge on any atom is 0.0790 e. The molecule has 2 nitrogen and oxygen atoms in total. The number of nitrogens with two attached hydrogens (primary N) is 1. The van der Waals surface area contributed by atoms with E-state index in [4.69, 9.17) is 5.73 Å². The van der Waals surface area contributed by atoms with Gasteiger partial charge in [0.15, 0.2) is 0 Å². The fourth-order valence-corrected chi connectivity index (χ4v) is 2.08. The van der Waals surface area contributed by atoms with Gasteiger partial charge in [-0.15, -0.1) is 0 Å². The van der Waals surface area contributed by atoms with E-state index in [1.165, 1.54) is 5.39 Å². The summed E-state index contributed by atoms with van der Waals surface area (Å²) in [6, 6.07) is 10.3. The lowest BCUT2D eigenvalue weighted by Crippen LogP contribution is -2.35. The number of nitrogens with one attached hydrogen (secondary N) is 1. The van der Waals surface area contributed by atoms with Gasteiger partial charge in [0, 0.05) is 11.2 Å². The van der Waals surface area contributed by atoms with Crippen LogP contribution in [0, 0.1) is 6.08 Å². The molecule has 1 heterocycles. The van der Waals surface area contributed by atoms with Crippen molar-refractivity contribution in [2.24, 2.45) is 5.73 Å². The first kappa shape index (κ1) is 9.43. The Bertz CT molecular complexity index is 544. The highest BCUT2D eigenvalue weighted by atomic mass is 14.8. The Labute approximate surface area is 94.5 Å². The minimum atomic E-state index is -0.437. The first-order valence-electron chi connectivity index (χ1n) is 5.39. The van der Waals surface area contributed by atoms with Crippen LogP contribution in [-0.2, 0) is 5.54 Å². The zero-order valence-electron chi connectivity index (χ0n) is 8.90. The smallest absolute Gasteiger partial charge is 0.0790 e. The predicted molar refractivity (Wildman–Crippen MR) is 65.7 cm³/mol. The fraction of sp³-hybridized carbons (Fsp3) is 0.143.